The second kappa shape index (κ2) is 5.05. The van der Waals surface area contributed by atoms with E-state index in [1.807, 2.05) is 6.07 Å². The Morgan fingerprint density at radius 3 is 2.50 bits per heavy atom. The normalized spacial score (nSPS) is 23.0. The van der Waals surface area contributed by atoms with E-state index in [-0.39, 0.29) is 34.5 Å². The number of hydrogen-bond acceptors (Lipinski definition) is 5. The summed E-state index contributed by atoms with van der Waals surface area (Å²) >= 11 is 0. The van der Waals surface area contributed by atoms with Gasteiger partial charge >= 0.3 is 0 Å². The average molecular weight is 348 g/mol. The molecule has 5 nitrogen and oxygen atoms in total. The summed E-state index contributed by atoms with van der Waals surface area (Å²) in [6, 6.07) is 8.34. The summed E-state index contributed by atoms with van der Waals surface area (Å²) in [6.07, 6.45) is 0.0935. The molecular formula is C21H16O5. The minimum Gasteiger partial charge on any atom is -0.507 e. The predicted octanol–water partition coefficient (Wildman–Crippen LogP) is 3.29. The smallest absolute Gasteiger partial charge is 0.196 e. The molecule has 0 unspecified atom stereocenters. The maximum Gasteiger partial charge on any atom is 0.196 e. The molecule has 26 heavy (non-hydrogen) atoms. The molecule has 0 fully saturated rings. The van der Waals surface area contributed by atoms with Crippen LogP contribution in [0.5, 0.6) is 11.5 Å². The fourth-order valence-corrected chi connectivity index (χ4v) is 4.78. The first-order valence-corrected chi connectivity index (χ1v) is 8.56. The Hall–Kier alpha value is -2.92. The van der Waals surface area contributed by atoms with Crippen molar-refractivity contribution in [2.45, 2.75) is 24.9 Å². The molecule has 130 valence electrons. The minimum absolute atomic E-state index is 0.0263. The molecule has 0 aromatic heterocycles. The van der Waals surface area contributed by atoms with Crippen LogP contribution in [0.3, 0.4) is 0 Å². The van der Waals surface area contributed by atoms with E-state index in [1.165, 1.54) is 19.2 Å². The molecule has 0 bridgehead atoms. The first kappa shape index (κ1) is 15.3. The monoisotopic (exact) mass is 348 g/mol. The second-order valence-corrected chi connectivity index (χ2v) is 6.94. The standard InChI is InChI=1S/C21H16O5/c1-26-21-18-11-6-8-14(24)19-13(23)7-5-10(16(11)19)15(18)9-3-2-4-12(22)17(9)20(21)25/h2-4,6,8,18,21-22,24H,5,7H2,1H3/t18-,21+/m0/s1. The molecule has 5 heteroatoms. The number of rotatable bonds is 1. The van der Waals surface area contributed by atoms with E-state index in [2.05, 4.69) is 0 Å². The number of phenols is 2. The number of benzene rings is 2. The van der Waals surface area contributed by atoms with Crippen molar-refractivity contribution in [3.05, 3.63) is 58.1 Å². The minimum atomic E-state index is -0.771. The summed E-state index contributed by atoms with van der Waals surface area (Å²) in [6.45, 7) is 0. The molecule has 0 saturated carbocycles. The SMILES string of the molecule is CO[C@H]1C(=O)c2c(O)cccc2C2=C3CCC(=O)c4c(O)ccc(c43)[C@@H]21. The van der Waals surface area contributed by atoms with Crippen LogP contribution in [-0.4, -0.2) is 35.0 Å². The van der Waals surface area contributed by atoms with Crippen molar-refractivity contribution >= 4 is 22.7 Å². The van der Waals surface area contributed by atoms with Gasteiger partial charge in [0.25, 0.3) is 0 Å². The van der Waals surface area contributed by atoms with Crippen molar-refractivity contribution in [3.63, 3.8) is 0 Å². The zero-order chi connectivity index (χ0) is 18.2. The van der Waals surface area contributed by atoms with Crippen molar-refractivity contribution in [1.82, 2.24) is 0 Å². The molecule has 2 N–H and O–H groups in total. The molecule has 2 aromatic rings. The van der Waals surface area contributed by atoms with E-state index in [4.69, 9.17) is 4.74 Å². The molecule has 2 aromatic carbocycles. The number of ketones is 2. The van der Waals surface area contributed by atoms with Crippen LogP contribution in [0.25, 0.3) is 11.1 Å². The van der Waals surface area contributed by atoms with Crippen LogP contribution in [0.1, 0.15) is 56.2 Å². The van der Waals surface area contributed by atoms with Crippen LogP contribution in [0, 0.1) is 0 Å². The summed E-state index contributed by atoms with van der Waals surface area (Å²) in [5, 5.41) is 20.6. The lowest BCUT2D eigenvalue weighted by Crippen LogP contribution is -2.35. The number of methoxy groups -OCH3 is 1. The Morgan fingerprint density at radius 1 is 0.962 bits per heavy atom. The molecule has 5 rings (SSSR count). The van der Waals surface area contributed by atoms with Crippen LogP contribution in [0.2, 0.25) is 0 Å². The third kappa shape index (κ3) is 1.68. The van der Waals surface area contributed by atoms with Crippen molar-refractivity contribution in [2.24, 2.45) is 0 Å². The maximum atomic E-state index is 13.0. The Labute approximate surface area is 149 Å². The van der Waals surface area contributed by atoms with E-state index in [0.29, 0.717) is 24.0 Å². The Balaban J connectivity index is 1.92. The number of phenolic OH excluding ortho intramolecular Hbond substituents is 2. The van der Waals surface area contributed by atoms with Gasteiger partial charge in [0.2, 0.25) is 0 Å². The molecule has 0 amide bonds. The van der Waals surface area contributed by atoms with Crippen LogP contribution in [-0.2, 0) is 4.74 Å². The maximum absolute atomic E-state index is 13.0. The summed E-state index contributed by atoms with van der Waals surface area (Å²) in [5.41, 5.74) is 4.79. The van der Waals surface area contributed by atoms with Gasteiger partial charge in [-0.2, -0.15) is 0 Å². The number of carbonyl (C=O) groups is 2. The molecule has 0 spiro atoms. The van der Waals surface area contributed by atoms with Crippen LogP contribution in [0.4, 0.5) is 0 Å². The largest absolute Gasteiger partial charge is 0.507 e. The number of carbonyl (C=O) groups excluding carboxylic acids is 2. The average Bonchev–Trinajstić information content (AvgIpc) is 2.95. The summed E-state index contributed by atoms with van der Waals surface area (Å²) in [7, 11) is 1.48. The lowest BCUT2D eigenvalue weighted by Gasteiger charge is -2.32. The molecule has 3 aliphatic carbocycles. The van der Waals surface area contributed by atoms with Gasteiger partial charge in [-0.05, 0) is 46.4 Å². The highest BCUT2D eigenvalue weighted by Gasteiger charge is 2.48. The number of allylic oxidation sites excluding steroid dienone is 1. The van der Waals surface area contributed by atoms with E-state index in [9.17, 15) is 19.8 Å². The number of hydrogen-bond donors (Lipinski definition) is 2. The second-order valence-electron chi connectivity index (χ2n) is 6.94. The van der Waals surface area contributed by atoms with Gasteiger partial charge in [-0.3, -0.25) is 9.59 Å². The summed E-state index contributed by atoms with van der Waals surface area (Å²) in [5.74, 6) is -0.772. The lowest BCUT2D eigenvalue weighted by atomic mass is 9.75. The first-order valence-electron chi connectivity index (χ1n) is 8.56. The molecular weight excluding hydrogens is 332 g/mol. The van der Waals surface area contributed by atoms with Gasteiger partial charge in [-0.15, -0.1) is 0 Å². The summed E-state index contributed by atoms with van der Waals surface area (Å²) < 4.78 is 5.55. The summed E-state index contributed by atoms with van der Waals surface area (Å²) in [4.78, 5) is 25.5. The Morgan fingerprint density at radius 2 is 1.73 bits per heavy atom. The fourth-order valence-electron chi connectivity index (χ4n) is 4.78. The highest BCUT2D eigenvalue weighted by Crippen LogP contribution is 2.58. The van der Waals surface area contributed by atoms with Crippen molar-refractivity contribution < 1.29 is 24.5 Å². The highest BCUT2D eigenvalue weighted by molar-refractivity contribution is 6.19. The Kier molecular flexibility index (Phi) is 2.98. The highest BCUT2D eigenvalue weighted by atomic mass is 16.5. The zero-order valence-corrected chi connectivity index (χ0v) is 14.1. The van der Waals surface area contributed by atoms with E-state index in [1.54, 1.807) is 12.1 Å². The number of Topliss-reactive ketones (excluding diaryl/α,β-unsaturated/α-hetero) is 2. The van der Waals surface area contributed by atoms with Crippen LogP contribution < -0.4 is 0 Å². The van der Waals surface area contributed by atoms with Gasteiger partial charge < -0.3 is 14.9 Å². The van der Waals surface area contributed by atoms with Gasteiger partial charge in [0.15, 0.2) is 11.6 Å². The molecule has 3 aliphatic rings. The molecule has 0 radical (unpaired) electrons. The van der Waals surface area contributed by atoms with Crippen LogP contribution in [0.15, 0.2) is 30.3 Å². The number of fused-ring (bicyclic) bond motifs is 4. The van der Waals surface area contributed by atoms with E-state index in [0.717, 1.165) is 22.3 Å². The molecule has 2 atom stereocenters. The lowest BCUT2D eigenvalue weighted by molar-refractivity contribution is 0.0559. The van der Waals surface area contributed by atoms with Crippen molar-refractivity contribution in [2.75, 3.05) is 7.11 Å². The van der Waals surface area contributed by atoms with E-state index >= 15 is 0 Å². The van der Waals surface area contributed by atoms with Gasteiger partial charge in [0.1, 0.15) is 17.6 Å². The van der Waals surface area contributed by atoms with Gasteiger partial charge in [-0.25, -0.2) is 0 Å². The van der Waals surface area contributed by atoms with Gasteiger partial charge in [0, 0.05) is 19.4 Å². The zero-order valence-electron chi connectivity index (χ0n) is 14.1. The molecule has 0 saturated heterocycles. The third-order valence-electron chi connectivity index (χ3n) is 5.76. The molecule has 0 aliphatic heterocycles. The number of ether oxygens (including phenoxy) is 1. The predicted molar refractivity (Wildman–Crippen MR) is 94.5 cm³/mol. The topological polar surface area (TPSA) is 83.8 Å². The van der Waals surface area contributed by atoms with Crippen molar-refractivity contribution in [1.29, 1.82) is 0 Å². The van der Waals surface area contributed by atoms with Crippen LogP contribution >= 0.6 is 0 Å². The fraction of sp³-hybridized carbons (Fsp3) is 0.238. The van der Waals surface area contributed by atoms with Gasteiger partial charge in [0.05, 0.1) is 11.1 Å². The third-order valence-corrected chi connectivity index (χ3v) is 5.76. The van der Waals surface area contributed by atoms with Gasteiger partial charge in [-0.1, -0.05) is 18.2 Å². The first-order chi connectivity index (χ1) is 12.5. The van der Waals surface area contributed by atoms with Crippen molar-refractivity contribution in [3.8, 4) is 11.5 Å². The molecule has 0 heterocycles. The quantitative estimate of drug-likeness (QED) is 0.826. The Bertz CT molecular complexity index is 1050. The number of aromatic hydroxyl groups is 2. The van der Waals surface area contributed by atoms with E-state index < -0.39 is 6.10 Å².